The first-order chi connectivity index (χ1) is 8.51. The highest BCUT2D eigenvalue weighted by molar-refractivity contribution is 7.89. The second-order valence-electron chi connectivity index (χ2n) is 3.78. The Morgan fingerprint density at radius 1 is 1.39 bits per heavy atom. The number of benzene rings is 1. The van der Waals surface area contributed by atoms with Gasteiger partial charge in [-0.25, -0.2) is 19.0 Å². The molecule has 0 saturated carbocycles. The Morgan fingerprint density at radius 2 is 2.11 bits per heavy atom. The third-order valence-corrected chi connectivity index (χ3v) is 3.82. The molecule has 0 aromatic heterocycles. The van der Waals surface area contributed by atoms with Crippen LogP contribution in [0.5, 0.6) is 5.75 Å². The van der Waals surface area contributed by atoms with Crippen molar-refractivity contribution in [2.45, 2.75) is 18.2 Å². The lowest BCUT2D eigenvalue weighted by molar-refractivity contribution is 0.136. The summed E-state index contributed by atoms with van der Waals surface area (Å²) in [5, 5.41) is 0. The van der Waals surface area contributed by atoms with Crippen LogP contribution in [0.2, 0.25) is 0 Å². The summed E-state index contributed by atoms with van der Waals surface area (Å²) in [4.78, 5) is 4.50. The second-order valence-corrected chi connectivity index (χ2v) is 5.51. The van der Waals surface area contributed by atoms with Crippen molar-refractivity contribution in [1.29, 1.82) is 0 Å². The first kappa shape index (κ1) is 14.9. The maximum atomic E-state index is 12.1. The number of hydrogen-bond acceptors (Lipinski definition) is 5. The van der Waals surface area contributed by atoms with Gasteiger partial charge in [-0.15, -0.1) is 0 Å². The van der Waals surface area contributed by atoms with E-state index in [1.54, 1.807) is 18.2 Å². The molecule has 0 fully saturated rings. The predicted octanol–water partition coefficient (Wildman–Crippen LogP) is 0.562. The number of ether oxygens (including phenoxy) is 1. The van der Waals surface area contributed by atoms with Gasteiger partial charge in [0.1, 0.15) is 10.6 Å². The van der Waals surface area contributed by atoms with Crippen LogP contribution >= 0.6 is 0 Å². The van der Waals surface area contributed by atoms with E-state index in [9.17, 15) is 8.42 Å². The molecule has 18 heavy (non-hydrogen) atoms. The van der Waals surface area contributed by atoms with Gasteiger partial charge in [0.25, 0.3) is 0 Å². The molecule has 0 unspecified atom stereocenters. The first-order valence-electron chi connectivity index (χ1n) is 5.47. The molecule has 0 amide bonds. The number of nitrogens with two attached hydrogens (primary N) is 1. The minimum absolute atomic E-state index is 0.138. The number of sulfonamides is 1. The molecule has 7 heteroatoms. The molecule has 6 nitrogen and oxygen atoms in total. The summed E-state index contributed by atoms with van der Waals surface area (Å²) < 4.78 is 31.6. The van der Waals surface area contributed by atoms with Crippen LogP contribution in [0, 0.1) is 6.92 Å². The standard InChI is InChI=1S/C11H18N2O4S/c1-9-4-5-10(16-2)11(8-9)18(14,15)13-6-3-7-17-12/h4-5,8,13H,3,6-7,12H2,1-2H3. The zero-order valence-corrected chi connectivity index (χ0v) is 11.3. The van der Waals surface area contributed by atoms with Crippen LogP contribution in [0.4, 0.5) is 0 Å². The average molecular weight is 274 g/mol. The van der Waals surface area contributed by atoms with Gasteiger partial charge in [0.05, 0.1) is 13.7 Å². The molecule has 102 valence electrons. The van der Waals surface area contributed by atoms with Crippen LogP contribution in [0.15, 0.2) is 23.1 Å². The molecule has 0 bridgehead atoms. The Hall–Kier alpha value is -1.15. The molecule has 1 aromatic rings. The Kier molecular flexibility index (Phi) is 5.54. The highest BCUT2D eigenvalue weighted by atomic mass is 32.2. The largest absolute Gasteiger partial charge is 0.495 e. The third-order valence-electron chi connectivity index (χ3n) is 2.34. The van der Waals surface area contributed by atoms with E-state index in [-0.39, 0.29) is 11.4 Å². The van der Waals surface area contributed by atoms with Gasteiger partial charge in [0.15, 0.2) is 0 Å². The van der Waals surface area contributed by atoms with Gasteiger partial charge in [0.2, 0.25) is 10.0 Å². The van der Waals surface area contributed by atoms with Crippen LogP contribution in [0.3, 0.4) is 0 Å². The van der Waals surface area contributed by atoms with Crippen molar-refractivity contribution in [3.8, 4) is 5.75 Å². The normalized spacial score (nSPS) is 11.5. The van der Waals surface area contributed by atoms with E-state index < -0.39 is 10.0 Å². The Labute approximate surface area is 107 Å². The monoisotopic (exact) mass is 274 g/mol. The van der Waals surface area contributed by atoms with Crippen molar-refractivity contribution in [1.82, 2.24) is 4.72 Å². The summed E-state index contributed by atoms with van der Waals surface area (Å²) in [6.07, 6.45) is 0.504. The van der Waals surface area contributed by atoms with Gasteiger partial charge in [-0.1, -0.05) is 6.07 Å². The van der Waals surface area contributed by atoms with Gasteiger partial charge in [-0.2, -0.15) is 0 Å². The van der Waals surface area contributed by atoms with Crippen LogP contribution in [0.1, 0.15) is 12.0 Å². The highest BCUT2D eigenvalue weighted by Gasteiger charge is 2.18. The van der Waals surface area contributed by atoms with Gasteiger partial charge < -0.3 is 9.57 Å². The fraction of sp³-hybridized carbons (Fsp3) is 0.455. The smallest absolute Gasteiger partial charge is 0.244 e. The van der Waals surface area contributed by atoms with E-state index in [0.717, 1.165) is 5.56 Å². The zero-order chi connectivity index (χ0) is 13.6. The summed E-state index contributed by atoms with van der Waals surface area (Å²) in [5.41, 5.74) is 0.849. The van der Waals surface area contributed by atoms with E-state index in [4.69, 9.17) is 10.6 Å². The van der Waals surface area contributed by atoms with E-state index in [0.29, 0.717) is 18.8 Å². The average Bonchev–Trinajstić information content (AvgIpc) is 2.35. The number of nitrogens with one attached hydrogen (secondary N) is 1. The maximum Gasteiger partial charge on any atom is 0.244 e. The molecule has 0 aliphatic rings. The van der Waals surface area contributed by atoms with Gasteiger partial charge in [-0.05, 0) is 31.0 Å². The van der Waals surface area contributed by atoms with Crippen LogP contribution in [-0.4, -0.2) is 28.7 Å². The molecule has 3 N–H and O–H groups in total. The highest BCUT2D eigenvalue weighted by Crippen LogP contribution is 2.24. The van der Waals surface area contributed by atoms with Crippen LogP contribution in [0.25, 0.3) is 0 Å². The summed E-state index contributed by atoms with van der Waals surface area (Å²) in [5.74, 6) is 5.18. The maximum absolute atomic E-state index is 12.1. The molecular weight excluding hydrogens is 256 g/mol. The summed E-state index contributed by atoms with van der Waals surface area (Å²) >= 11 is 0. The number of methoxy groups -OCH3 is 1. The predicted molar refractivity (Wildman–Crippen MR) is 67.7 cm³/mol. The van der Waals surface area contributed by atoms with Crippen molar-refractivity contribution >= 4 is 10.0 Å². The summed E-state index contributed by atoms with van der Waals surface area (Å²) in [6, 6.07) is 4.99. The Balaban J connectivity index is 2.87. The van der Waals surface area contributed by atoms with E-state index >= 15 is 0 Å². The van der Waals surface area contributed by atoms with Crippen molar-refractivity contribution in [3.63, 3.8) is 0 Å². The van der Waals surface area contributed by atoms with Crippen LogP contribution < -0.4 is 15.4 Å². The number of rotatable bonds is 7. The lowest BCUT2D eigenvalue weighted by atomic mass is 10.2. The first-order valence-corrected chi connectivity index (χ1v) is 6.95. The van der Waals surface area contributed by atoms with Crippen molar-refractivity contribution in [3.05, 3.63) is 23.8 Å². The minimum Gasteiger partial charge on any atom is -0.495 e. The number of aryl methyl sites for hydroxylation is 1. The van der Waals surface area contributed by atoms with Crippen molar-refractivity contribution in [2.75, 3.05) is 20.3 Å². The SMILES string of the molecule is COc1ccc(C)cc1S(=O)(=O)NCCCON. The third kappa shape index (κ3) is 3.95. The van der Waals surface area contributed by atoms with Gasteiger partial charge >= 0.3 is 0 Å². The van der Waals surface area contributed by atoms with Gasteiger partial charge in [0, 0.05) is 6.54 Å². The molecule has 0 heterocycles. The molecule has 1 rings (SSSR count). The quantitative estimate of drug-likeness (QED) is 0.560. The zero-order valence-electron chi connectivity index (χ0n) is 10.5. The van der Waals surface area contributed by atoms with E-state index in [2.05, 4.69) is 9.56 Å². The summed E-state index contributed by atoms with van der Waals surface area (Å²) in [7, 11) is -2.14. The Morgan fingerprint density at radius 3 is 2.72 bits per heavy atom. The fourth-order valence-corrected chi connectivity index (χ4v) is 2.76. The lowest BCUT2D eigenvalue weighted by Crippen LogP contribution is -2.26. The molecule has 0 radical (unpaired) electrons. The molecule has 0 aliphatic heterocycles. The van der Waals surface area contributed by atoms with Gasteiger partial charge in [-0.3, -0.25) is 0 Å². The van der Waals surface area contributed by atoms with Crippen molar-refractivity contribution in [2.24, 2.45) is 5.90 Å². The van der Waals surface area contributed by atoms with E-state index in [1.807, 2.05) is 6.92 Å². The summed E-state index contributed by atoms with van der Waals surface area (Å²) in [6.45, 7) is 2.38. The topological polar surface area (TPSA) is 90.7 Å². The van der Waals surface area contributed by atoms with Crippen molar-refractivity contribution < 1.29 is 18.0 Å². The van der Waals surface area contributed by atoms with Crippen LogP contribution in [-0.2, 0) is 14.9 Å². The minimum atomic E-state index is -3.58. The van der Waals surface area contributed by atoms with E-state index in [1.165, 1.54) is 7.11 Å². The molecule has 0 aliphatic carbocycles. The molecule has 1 aromatic carbocycles. The second kappa shape index (κ2) is 6.69. The number of hydrogen-bond donors (Lipinski definition) is 2. The molecule has 0 saturated heterocycles. The molecular formula is C11H18N2O4S. The Bertz CT molecular complexity index is 488. The fourth-order valence-electron chi connectivity index (χ4n) is 1.43. The molecule has 0 spiro atoms. The lowest BCUT2D eigenvalue weighted by Gasteiger charge is -2.11. The molecule has 0 atom stereocenters.